The maximum absolute atomic E-state index is 6.57. The molecular weight excluding hydrogens is 715 g/mol. The molecule has 0 bridgehead atoms. The van der Waals surface area contributed by atoms with Gasteiger partial charge in [0.15, 0.2) is 0 Å². The van der Waals surface area contributed by atoms with Crippen LogP contribution in [0.15, 0.2) is 229 Å². The lowest BCUT2D eigenvalue weighted by molar-refractivity contribution is 0.672. The predicted molar refractivity (Wildman–Crippen MR) is 246 cm³/mol. The van der Waals surface area contributed by atoms with Gasteiger partial charge in [0.2, 0.25) is 0 Å². The van der Waals surface area contributed by atoms with Crippen molar-refractivity contribution in [3.63, 3.8) is 0 Å². The monoisotopic (exact) mass is 751 g/mol. The number of para-hydroxylation sites is 2. The zero-order chi connectivity index (χ0) is 38.9. The first-order valence-electron chi connectivity index (χ1n) is 20.3. The van der Waals surface area contributed by atoms with E-state index in [4.69, 9.17) is 4.42 Å². The zero-order valence-electron chi connectivity index (χ0n) is 32.2. The van der Waals surface area contributed by atoms with Crippen LogP contribution in [0.25, 0.3) is 65.7 Å². The Hall–Kier alpha value is -7.68. The van der Waals surface area contributed by atoms with E-state index in [2.05, 4.69) is 223 Å². The van der Waals surface area contributed by atoms with Crippen molar-refractivity contribution in [2.45, 2.75) is 5.41 Å². The molecule has 1 aliphatic carbocycles. The quantitative estimate of drug-likeness (QED) is 0.168. The number of nitrogens with zero attached hydrogens (tertiary/aromatic N) is 1. The Morgan fingerprint density at radius 1 is 0.339 bits per heavy atom. The molecule has 59 heavy (non-hydrogen) atoms. The minimum atomic E-state index is -0.530. The second kappa shape index (κ2) is 13.2. The number of rotatable bonds is 6. The lowest BCUT2D eigenvalue weighted by atomic mass is 9.67. The summed E-state index contributed by atoms with van der Waals surface area (Å²) in [5.41, 5.74) is 14.5. The van der Waals surface area contributed by atoms with E-state index in [1.165, 1.54) is 44.2 Å². The van der Waals surface area contributed by atoms with Crippen LogP contribution in [-0.4, -0.2) is 0 Å². The van der Waals surface area contributed by atoms with Crippen molar-refractivity contribution in [1.29, 1.82) is 0 Å². The Bertz CT molecular complexity index is 3350. The highest BCUT2D eigenvalue weighted by molar-refractivity contribution is 6.20. The third kappa shape index (κ3) is 4.93. The fraction of sp³-hybridized carbons (Fsp3) is 0.0175. The van der Waals surface area contributed by atoms with Crippen molar-refractivity contribution in [1.82, 2.24) is 0 Å². The Labute approximate surface area is 342 Å². The highest BCUT2D eigenvalue weighted by atomic mass is 16.3. The van der Waals surface area contributed by atoms with Gasteiger partial charge in [0.05, 0.1) is 16.8 Å². The summed E-state index contributed by atoms with van der Waals surface area (Å²) < 4.78 is 6.57. The van der Waals surface area contributed by atoms with E-state index in [1.54, 1.807) is 0 Å². The third-order valence-corrected chi connectivity index (χ3v) is 12.5. The van der Waals surface area contributed by atoms with Gasteiger partial charge in [-0.15, -0.1) is 0 Å². The van der Waals surface area contributed by atoms with Gasteiger partial charge in [-0.05, 0) is 86.1 Å². The average molecular weight is 752 g/mol. The second-order valence-electron chi connectivity index (χ2n) is 15.6. The van der Waals surface area contributed by atoms with E-state index in [9.17, 15) is 0 Å². The molecular formula is C57H37NO. The fourth-order valence-electron chi connectivity index (χ4n) is 10.0. The maximum atomic E-state index is 6.57. The van der Waals surface area contributed by atoms with Gasteiger partial charge in [0.1, 0.15) is 11.2 Å². The van der Waals surface area contributed by atoms with Gasteiger partial charge in [0, 0.05) is 32.8 Å². The molecule has 0 atom stereocenters. The van der Waals surface area contributed by atoms with Crippen LogP contribution < -0.4 is 4.90 Å². The van der Waals surface area contributed by atoms with E-state index in [0.717, 1.165) is 60.9 Å². The molecule has 1 aromatic heterocycles. The Kier molecular flexibility index (Phi) is 7.48. The predicted octanol–water partition coefficient (Wildman–Crippen LogP) is 15.4. The Morgan fingerprint density at radius 2 is 0.915 bits per heavy atom. The summed E-state index contributed by atoms with van der Waals surface area (Å²) >= 11 is 0. The second-order valence-corrected chi connectivity index (χ2v) is 15.6. The van der Waals surface area contributed by atoms with Gasteiger partial charge in [-0.2, -0.15) is 0 Å². The van der Waals surface area contributed by atoms with Crippen LogP contribution in [0.1, 0.15) is 22.3 Å². The number of benzene rings is 10. The van der Waals surface area contributed by atoms with Gasteiger partial charge in [0.25, 0.3) is 0 Å². The van der Waals surface area contributed by atoms with Crippen molar-refractivity contribution in [3.05, 3.63) is 247 Å². The van der Waals surface area contributed by atoms with Crippen LogP contribution in [0, 0.1) is 0 Å². The van der Waals surface area contributed by atoms with Crippen molar-refractivity contribution < 1.29 is 4.42 Å². The van der Waals surface area contributed by atoms with Crippen LogP contribution in [0.4, 0.5) is 17.1 Å². The molecule has 0 spiro atoms. The molecule has 0 radical (unpaired) electrons. The number of hydrogen-bond donors (Lipinski definition) is 0. The third-order valence-electron chi connectivity index (χ3n) is 12.5. The number of hydrogen-bond acceptors (Lipinski definition) is 2. The topological polar surface area (TPSA) is 16.4 Å². The highest BCUT2D eigenvalue weighted by Gasteiger charge is 2.46. The average Bonchev–Trinajstić information content (AvgIpc) is 3.84. The van der Waals surface area contributed by atoms with Gasteiger partial charge >= 0.3 is 0 Å². The van der Waals surface area contributed by atoms with E-state index < -0.39 is 5.41 Å². The van der Waals surface area contributed by atoms with Crippen LogP contribution in [0.5, 0.6) is 0 Å². The molecule has 0 saturated carbocycles. The smallest absolute Gasteiger partial charge is 0.143 e. The van der Waals surface area contributed by atoms with Crippen LogP contribution >= 0.6 is 0 Å². The van der Waals surface area contributed by atoms with E-state index in [0.29, 0.717) is 0 Å². The first-order valence-corrected chi connectivity index (χ1v) is 20.3. The summed E-state index contributed by atoms with van der Waals surface area (Å²) in [6.07, 6.45) is 0. The molecule has 12 rings (SSSR count). The first-order chi connectivity index (χ1) is 29.3. The lowest BCUT2D eigenvalue weighted by Crippen LogP contribution is -2.28. The van der Waals surface area contributed by atoms with Crippen LogP contribution in [0.2, 0.25) is 0 Å². The fourth-order valence-corrected chi connectivity index (χ4v) is 10.0. The number of fused-ring (bicyclic) bond motifs is 9. The lowest BCUT2D eigenvalue weighted by Gasteiger charge is -2.35. The van der Waals surface area contributed by atoms with Gasteiger partial charge in [-0.25, -0.2) is 0 Å². The molecule has 0 N–H and O–H groups in total. The van der Waals surface area contributed by atoms with Crippen molar-refractivity contribution in [2.75, 3.05) is 4.90 Å². The van der Waals surface area contributed by atoms with Crippen LogP contribution in [0.3, 0.4) is 0 Å². The summed E-state index contributed by atoms with van der Waals surface area (Å²) in [7, 11) is 0. The Morgan fingerprint density at radius 3 is 1.71 bits per heavy atom. The molecule has 1 heterocycles. The number of anilines is 3. The van der Waals surface area contributed by atoms with Crippen molar-refractivity contribution in [3.8, 4) is 22.3 Å². The highest BCUT2D eigenvalue weighted by Crippen LogP contribution is 2.58. The molecule has 0 aliphatic heterocycles. The molecule has 1 aliphatic rings. The Balaban J connectivity index is 1.18. The summed E-state index contributed by atoms with van der Waals surface area (Å²) in [5, 5.41) is 6.88. The molecule has 2 heteroatoms. The molecule has 276 valence electrons. The van der Waals surface area contributed by atoms with Crippen LogP contribution in [-0.2, 0) is 5.41 Å². The molecule has 2 nitrogen and oxygen atoms in total. The molecule has 0 amide bonds. The minimum Gasteiger partial charge on any atom is -0.455 e. The zero-order valence-corrected chi connectivity index (χ0v) is 32.2. The molecule has 0 unspecified atom stereocenters. The number of furan rings is 1. The van der Waals surface area contributed by atoms with E-state index >= 15 is 0 Å². The summed E-state index contributed by atoms with van der Waals surface area (Å²) in [4.78, 5) is 2.49. The van der Waals surface area contributed by atoms with Crippen molar-refractivity contribution in [2.24, 2.45) is 0 Å². The minimum absolute atomic E-state index is 0.530. The molecule has 0 fully saturated rings. The van der Waals surface area contributed by atoms with E-state index in [-0.39, 0.29) is 0 Å². The molecule has 11 aromatic rings. The van der Waals surface area contributed by atoms with E-state index in [1.807, 2.05) is 6.07 Å². The first kappa shape index (κ1) is 33.5. The molecule has 10 aromatic carbocycles. The summed E-state index contributed by atoms with van der Waals surface area (Å²) in [6, 6.07) is 82.0. The van der Waals surface area contributed by atoms with Gasteiger partial charge in [-0.3, -0.25) is 0 Å². The summed E-state index contributed by atoms with van der Waals surface area (Å²) in [5.74, 6) is 0. The van der Waals surface area contributed by atoms with Gasteiger partial charge < -0.3 is 9.32 Å². The maximum Gasteiger partial charge on any atom is 0.143 e. The largest absolute Gasteiger partial charge is 0.455 e. The van der Waals surface area contributed by atoms with Crippen molar-refractivity contribution >= 4 is 60.5 Å². The molecule has 0 saturated heterocycles. The standard InChI is InChI=1S/C57H37NO/c1-3-20-39(21-4-1)57(40-22-5-2-6-23-40)51-30-14-11-26-44(51)45-35-34-41(36-52(45)57)58(53-32-17-19-38-18-7-8-24-42(38)53)54-31-15-12-27-46(54)49-37-50-47-28-13-16-33-55(47)59-56(50)48-29-10-9-25-43(48)49/h1-37H. The normalized spacial score (nSPS) is 12.9. The van der Waals surface area contributed by atoms with Gasteiger partial charge in [-0.1, -0.05) is 188 Å². The SMILES string of the molecule is c1ccc(C2(c3ccccc3)c3ccccc3-c3ccc(N(c4ccccc4-c4cc5c6ccccc6oc5c5ccccc45)c4cccc5ccccc45)cc32)cc1. The summed E-state index contributed by atoms with van der Waals surface area (Å²) in [6.45, 7) is 0.